The second kappa shape index (κ2) is 7.04. The smallest absolute Gasteiger partial charge is 0.0827 e. The summed E-state index contributed by atoms with van der Waals surface area (Å²) in [6.07, 6.45) is 5.44. The summed E-state index contributed by atoms with van der Waals surface area (Å²) in [5.74, 6) is 0.802. The average Bonchev–Trinajstić information content (AvgIpc) is 2.59. The predicted octanol–water partition coefficient (Wildman–Crippen LogP) is 1.19. The molecular formula is C8H16Cl2N4. The fraction of sp³-hybridized carbons (Fsp3) is 0.750. The molecule has 2 N–H and O–H groups in total. The van der Waals surface area contributed by atoms with Gasteiger partial charge in [-0.15, -0.1) is 24.8 Å². The summed E-state index contributed by atoms with van der Waals surface area (Å²) in [5.41, 5.74) is 1.10. The number of halogens is 2. The van der Waals surface area contributed by atoms with Gasteiger partial charge in [0.2, 0.25) is 0 Å². The average molecular weight is 239 g/mol. The van der Waals surface area contributed by atoms with E-state index in [-0.39, 0.29) is 24.8 Å². The zero-order valence-electron chi connectivity index (χ0n) is 7.90. The molecule has 0 radical (unpaired) electrons. The normalized spacial score (nSPS) is 16.9. The van der Waals surface area contributed by atoms with Crippen LogP contribution in [-0.2, 0) is 6.42 Å². The van der Waals surface area contributed by atoms with E-state index < -0.39 is 0 Å². The van der Waals surface area contributed by atoms with Crippen molar-refractivity contribution in [2.75, 3.05) is 13.1 Å². The van der Waals surface area contributed by atoms with Gasteiger partial charge in [0.25, 0.3) is 0 Å². The van der Waals surface area contributed by atoms with E-state index in [0.717, 1.165) is 31.1 Å². The van der Waals surface area contributed by atoms with Gasteiger partial charge in [0, 0.05) is 0 Å². The minimum absolute atomic E-state index is 0. The summed E-state index contributed by atoms with van der Waals surface area (Å²) >= 11 is 0. The number of nitrogens with one attached hydrogen (secondary N) is 2. The number of nitrogens with zero attached hydrogens (tertiary/aromatic N) is 2. The third-order valence-corrected chi connectivity index (χ3v) is 2.42. The highest BCUT2D eigenvalue weighted by molar-refractivity contribution is 5.85. The zero-order chi connectivity index (χ0) is 8.23. The first-order valence-corrected chi connectivity index (χ1v) is 4.50. The Bertz CT molecular complexity index is 221. The molecule has 1 saturated heterocycles. The van der Waals surface area contributed by atoms with E-state index in [0.29, 0.717) is 0 Å². The number of H-pyrrole nitrogens is 1. The van der Waals surface area contributed by atoms with E-state index in [2.05, 4.69) is 20.7 Å². The van der Waals surface area contributed by atoms with Crippen molar-refractivity contribution < 1.29 is 0 Å². The maximum Gasteiger partial charge on any atom is 0.0827 e. The van der Waals surface area contributed by atoms with Crippen molar-refractivity contribution in [3.05, 3.63) is 11.9 Å². The topological polar surface area (TPSA) is 53.6 Å². The lowest BCUT2D eigenvalue weighted by Crippen LogP contribution is -2.28. The molecule has 1 aromatic rings. The summed E-state index contributed by atoms with van der Waals surface area (Å²) in [6, 6.07) is 0. The summed E-state index contributed by atoms with van der Waals surface area (Å²) in [6.45, 7) is 2.31. The Kier molecular flexibility index (Phi) is 6.87. The van der Waals surface area contributed by atoms with Crippen LogP contribution in [0.15, 0.2) is 6.20 Å². The van der Waals surface area contributed by atoms with Gasteiger partial charge < -0.3 is 5.32 Å². The third-order valence-electron chi connectivity index (χ3n) is 2.42. The lowest BCUT2D eigenvalue weighted by molar-refractivity contribution is 0.370. The maximum absolute atomic E-state index is 4.05. The molecule has 82 valence electrons. The van der Waals surface area contributed by atoms with Crippen LogP contribution in [0, 0.1) is 5.92 Å². The monoisotopic (exact) mass is 238 g/mol. The first-order chi connectivity index (χ1) is 5.95. The van der Waals surface area contributed by atoms with Gasteiger partial charge in [-0.05, 0) is 38.3 Å². The highest BCUT2D eigenvalue weighted by Crippen LogP contribution is 2.15. The van der Waals surface area contributed by atoms with E-state index >= 15 is 0 Å². The van der Waals surface area contributed by atoms with Gasteiger partial charge in [0.05, 0.1) is 11.9 Å². The highest BCUT2D eigenvalue weighted by atomic mass is 35.5. The molecule has 0 aromatic carbocycles. The third kappa shape index (κ3) is 3.82. The molecule has 0 bridgehead atoms. The molecule has 4 nitrogen and oxygen atoms in total. The number of piperidine rings is 1. The van der Waals surface area contributed by atoms with Gasteiger partial charge in [-0.3, -0.25) is 0 Å². The van der Waals surface area contributed by atoms with Crippen molar-refractivity contribution in [2.45, 2.75) is 19.3 Å². The minimum atomic E-state index is 0. The van der Waals surface area contributed by atoms with Gasteiger partial charge in [-0.25, -0.2) is 0 Å². The van der Waals surface area contributed by atoms with Crippen molar-refractivity contribution in [3.63, 3.8) is 0 Å². The van der Waals surface area contributed by atoms with Crippen LogP contribution in [0.3, 0.4) is 0 Å². The van der Waals surface area contributed by atoms with Crippen LogP contribution in [0.25, 0.3) is 0 Å². The van der Waals surface area contributed by atoms with E-state index in [1.54, 1.807) is 0 Å². The summed E-state index contributed by atoms with van der Waals surface area (Å²) in [4.78, 5) is 0. The van der Waals surface area contributed by atoms with Crippen LogP contribution in [-0.4, -0.2) is 28.5 Å². The maximum atomic E-state index is 4.05. The van der Waals surface area contributed by atoms with Crippen molar-refractivity contribution in [3.8, 4) is 0 Å². The predicted molar refractivity (Wildman–Crippen MR) is 60.2 cm³/mol. The van der Waals surface area contributed by atoms with Crippen LogP contribution >= 0.6 is 24.8 Å². The minimum Gasteiger partial charge on any atom is -0.317 e. The number of hydrogen-bond donors (Lipinski definition) is 2. The molecule has 0 spiro atoms. The first kappa shape index (κ1) is 13.7. The van der Waals surface area contributed by atoms with Crippen LogP contribution in [0.1, 0.15) is 18.5 Å². The highest BCUT2D eigenvalue weighted by Gasteiger charge is 2.14. The molecule has 0 saturated carbocycles. The van der Waals surface area contributed by atoms with Gasteiger partial charge in [0.15, 0.2) is 0 Å². The van der Waals surface area contributed by atoms with E-state index in [1.165, 1.54) is 12.8 Å². The van der Waals surface area contributed by atoms with Crippen LogP contribution in [0.2, 0.25) is 0 Å². The van der Waals surface area contributed by atoms with E-state index in [1.807, 2.05) is 6.20 Å². The number of aromatic amines is 1. The van der Waals surface area contributed by atoms with Crippen LogP contribution < -0.4 is 5.32 Å². The summed E-state index contributed by atoms with van der Waals surface area (Å²) in [7, 11) is 0. The Morgan fingerprint density at radius 1 is 1.29 bits per heavy atom. The quantitative estimate of drug-likeness (QED) is 0.815. The van der Waals surface area contributed by atoms with Crippen LogP contribution in [0.4, 0.5) is 0 Å². The van der Waals surface area contributed by atoms with Gasteiger partial charge in [0.1, 0.15) is 0 Å². The Balaban J connectivity index is 0.000000845. The van der Waals surface area contributed by atoms with Gasteiger partial charge in [-0.1, -0.05) is 0 Å². The Labute approximate surface area is 96.1 Å². The molecule has 1 aromatic heterocycles. The zero-order valence-corrected chi connectivity index (χ0v) is 9.53. The van der Waals surface area contributed by atoms with Crippen molar-refractivity contribution in [1.29, 1.82) is 0 Å². The Hall–Kier alpha value is -0.320. The second-order valence-corrected chi connectivity index (χ2v) is 3.36. The van der Waals surface area contributed by atoms with Crippen molar-refractivity contribution in [2.24, 2.45) is 5.92 Å². The van der Waals surface area contributed by atoms with Gasteiger partial charge >= 0.3 is 0 Å². The van der Waals surface area contributed by atoms with Gasteiger partial charge in [-0.2, -0.15) is 15.4 Å². The Morgan fingerprint density at radius 2 is 2.00 bits per heavy atom. The van der Waals surface area contributed by atoms with E-state index in [9.17, 15) is 0 Å². The standard InChI is InChI=1S/C8H14N4.2ClH/c1-3-9-4-2-7(1)5-8-6-10-12-11-8;;/h6-7,9H,1-5H2,(H,10,11,12);2*1H. The number of aromatic nitrogens is 3. The van der Waals surface area contributed by atoms with Crippen LogP contribution in [0.5, 0.6) is 0 Å². The molecule has 0 amide bonds. The molecule has 2 heterocycles. The molecule has 14 heavy (non-hydrogen) atoms. The molecule has 1 aliphatic heterocycles. The Morgan fingerprint density at radius 3 is 2.57 bits per heavy atom. The summed E-state index contributed by atoms with van der Waals surface area (Å²) in [5, 5.41) is 13.8. The fourth-order valence-corrected chi connectivity index (χ4v) is 1.71. The number of hydrogen-bond acceptors (Lipinski definition) is 3. The molecule has 6 heteroatoms. The molecule has 0 atom stereocenters. The van der Waals surface area contributed by atoms with E-state index in [4.69, 9.17) is 0 Å². The van der Waals surface area contributed by atoms with Crippen molar-refractivity contribution >= 4 is 24.8 Å². The molecule has 1 fully saturated rings. The molecule has 0 aliphatic carbocycles. The molecule has 0 unspecified atom stereocenters. The fourth-order valence-electron chi connectivity index (χ4n) is 1.71. The SMILES string of the molecule is Cl.Cl.c1n[nH]nc1CC1CCNCC1. The molecule has 2 rings (SSSR count). The largest absolute Gasteiger partial charge is 0.317 e. The molecular weight excluding hydrogens is 223 g/mol. The van der Waals surface area contributed by atoms with Crippen molar-refractivity contribution in [1.82, 2.24) is 20.7 Å². The summed E-state index contributed by atoms with van der Waals surface area (Å²) < 4.78 is 0. The lowest BCUT2D eigenvalue weighted by atomic mass is 9.93. The molecule has 1 aliphatic rings. The lowest BCUT2D eigenvalue weighted by Gasteiger charge is -2.21. The second-order valence-electron chi connectivity index (χ2n) is 3.36. The number of rotatable bonds is 2. The first-order valence-electron chi connectivity index (χ1n) is 4.50.